The number of carbonyl (C=O) groups excluding carboxylic acids is 1. The second-order valence-corrected chi connectivity index (χ2v) is 7.96. The van der Waals surface area contributed by atoms with E-state index >= 15 is 0 Å². The molecule has 3 heterocycles. The Morgan fingerprint density at radius 2 is 1.73 bits per heavy atom. The largest absolute Gasteiger partial charge is 0.505 e. The van der Waals surface area contributed by atoms with Gasteiger partial charge < -0.3 is 14.9 Å². The fourth-order valence-corrected chi connectivity index (χ4v) is 3.93. The van der Waals surface area contributed by atoms with Gasteiger partial charge in [-0.2, -0.15) is 9.78 Å². The Morgan fingerprint density at radius 3 is 2.48 bits per heavy atom. The van der Waals surface area contributed by atoms with E-state index in [1.54, 1.807) is 23.2 Å². The van der Waals surface area contributed by atoms with Gasteiger partial charge in [-0.05, 0) is 36.8 Å². The summed E-state index contributed by atoms with van der Waals surface area (Å²) in [5.74, 6) is -0.0790. The molecule has 0 radical (unpaired) electrons. The fraction of sp³-hybridized carbons (Fsp3) is 0.208. The molecular formula is C24H22N6O3. The lowest BCUT2D eigenvalue weighted by Crippen LogP contribution is -2.49. The van der Waals surface area contributed by atoms with Crippen molar-refractivity contribution in [1.29, 1.82) is 0 Å². The molecule has 0 spiro atoms. The van der Waals surface area contributed by atoms with Crippen LogP contribution in [0.1, 0.15) is 16.1 Å². The van der Waals surface area contributed by atoms with E-state index < -0.39 is 17.2 Å². The molecule has 1 fully saturated rings. The number of aryl methyl sites for hydroxylation is 1. The lowest BCUT2D eigenvalue weighted by Gasteiger charge is -2.35. The first-order valence-corrected chi connectivity index (χ1v) is 10.7. The molecule has 0 atom stereocenters. The number of nitrogens with zero attached hydrogens (tertiary/aromatic N) is 6. The highest BCUT2D eigenvalue weighted by Crippen LogP contribution is 2.20. The third-order valence-electron chi connectivity index (χ3n) is 5.69. The van der Waals surface area contributed by atoms with E-state index in [0.29, 0.717) is 31.9 Å². The van der Waals surface area contributed by atoms with Gasteiger partial charge in [-0.25, -0.2) is 4.98 Å². The molecule has 2 aromatic heterocycles. The second-order valence-electron chi connectivity index (χ2n) is 7.96. The van der Waals surface area contributed by atoms with Crippen molar-refractivity contribution in [2.24, 2.45) is 0 Å². The van der Waals surface area contributed by atoms with E-state index in [2.05, 4.69) is 20.0 Å². The molecule has 166 valence electrons. The predicted octanol–water partition coefficient (Wildman–Crippen LogP) is 2.15. The molecule has 5 rings (SSSR count). The van der Waals surface area contributed by atoms with Crippen molar-refractivity contribution in [3.05, 3.63) is 82.4 Å². The molecule has 0 saturated carbocycles. The van der Waals surface area contributed by atoms with Crippen molar-refractivity contribution in [2.45, 2.75) is 6.92 Å². The molecule has 1 aliphatic rings. The molecule has 1 amide bonds. The first-order valence-electron chi connectivity index (χ1n) is 10.7. The minimum Gasteiger partial charge on any atom is -0.505 e. The van der Waals surface area contributed by atoms with Crippen LogP contribution in [0.25, 0.3) is 16.7 Å². The second kappa shape index (κ2) is 8.34. The molecule has 9 nitrogen and oxygen atoms in total. The van der Waals surface area contributed by atoms with Crippen LogP contribution in [0.5, 0.6) is 5.75 Å². The normalized spacial score (nSPS) is 14.0. The Balaban J connectivity index is 1.35. The number of piperazine rings is 1. The standard InChI is InChI=1S/C24H22N6O3/c1-16-5-4-6-17(13-16)30-22(32)14-20(31)23(27-30)24(33)29-11-9-28(10-12-29)21-15-25-18-7-2-3-8-19(18)26-21/h2-8,13-15,31H,9-12H2,1H3. The maximum atomic E-state index is 13.1. The average molecular weight is 442 g/mol. The zero-order valence-electron chi connectivity index (χ0n) is 18.0. The van der Waals surface area contributed by atoms with E-state index in [1.165, 1.54) is 0 Å². The molecule has 9 heteroatoms. The molecule has 0 unspecified atom stereocenters. The summed E-state index contributed by atoms with van der Waals surface area (Å²) < 4.78 is 1.14. The van der Waals surface area contributed by atoms with Crippen molar-refractivity contribution in [2.75, 3.05) is 31.1 Å². The summed E-state index contributed by atoms with van der Waals surface area (Å²) in [7, 11) is 0. The van der Waals surface area contributed by atoms with E-state index in [9.17, 15) is 14.7 Å². The monoisotopic (exact) mass is 442 g/mol. The van der Waals surface area contributed by atoms with Gasteiger partial charge in [0.15, 0.2) is 11.4 Å². The van der Waals surface area contributed by atoms with Gasteiger partial charge in [-0.1, -0.05) is 24.3 Å². The summed E-state index contributed by atoms with van der Waals surface area (Å²) in [5.41, 5.74) is 2.49. The van der Waals surface area contributed by atoms with Gasteiger partial charge in [0, 0.05) is 32.2 Å². The van der Waals surface area contributed by atoms with Crippen molar-refractivity contribution in [3.8, 4) is 11.4 Å². The van der Waals surface area contributed by atoms with E-state index in [-0.39, 0.29) is 5.69 Å². The minimum absolute atomic E-state index is 0.143. The van der Waals surface area contributed by atoms with Crippen LogP contribution in [0.4, 0.5) is 5.82 Å². The summed E-state index contributed by atoms with van der Waals surface area (Å²) in [6.45, 7) is 3.89. The number of aromatic nitrogens is 4. The first kappa shape index (κ1) is 20.6. The molecule has 0 bridgehead atoms. The lowest BCUT2D eigenvalue weighted by atomic mass is 10.2. The molecular weight excluding hydrogens is 420 g/mol. The Hall–Kier alpha value is -4.27. The van der Waals surface area contributed by atoms with Crippen LogP contribution < -0.4 is 10.5 Å². The summed E-state index contributed by atoms with van der Waals surface area (Å²) in [5, 5.41) is 14.5. The molecule has 4 aromatic rings. The highest BCUT2D eigenvalue weighted by molar-refractivity contribution is 5.94. The van der Waals surface area contributed by atoms with E-state index in [1.807, 2.05) is 43.3 Å². The number of benzene rings is 2. The Bertz CT molecular complexity index is 1410. The average Bonchev–Trinajstić information content (AvgIpc) is 2.83. The van der Waals surface area contributed by atoms with Crippen molar-refractivity contribution >= 4 is 22.8 Å². The van der Waals surface area contributed by atoms with E-state index in [0.717, 1.165) is 33.2 Å². The summed E-state index contributed by atoms with van der Waals surface area (Å²) >= 11 is 0. The van der Waals surface area contributed by atoms with Gasteiger partial charge in [0.25, 0.3) is 11.5 Å². The number of anilines is 1. The van der Waals surface area contributed by atoms with Crippen LogP contribution in [-0.4, -0.2) is 61.8 Å². The molecule has 1 N–H and O–H groups in total. The van der Waals surface area contributed by atoms with E-state index in [4.69, 9.17) is 0 Å². The van der Waals surface area contributed by atoms with Gasteiger partial charge in [0.2, 0.25) is 0 Å². The maximum absolute atomic E-state index is 13.1. The lowest BCUT2D eigenvalue weighted by molar-refractivity contribution is 0.0735. The highest BCUT2D eigenvalue weighted by atomic mass is 16.3. The number of para-hydroxylation sites is 2. The topological polar surface area (TPSA) is 104 Å². The van der Waals surface area contributed by atoms with Gasteiger partial charge in [-0.15, -0.1) is 0 Å². The Kier molecular flexibility index (Phi) is 5.21. The quantitative estimate of drug-likeness (QED) is 0.518. The summed E-state index contributed by atoms with van der Waals surface area (Å²) in [6, 6.07) is 16.0. The number of fused-ring (bicyclic) bond motifs is 1. The van der Waals surface area contributed by atoms with Crippen LogP contribution in [0.2, 0.25) is 0 Å². The van der Waals surface area contributed by atoms with Crippen molar-refractivity contribution in [1.82, 2.24) is 24.6 Å². The van der Waals surface area contributed by atoms with Gasteiger partial charge in [-0.3, -0.25) is 14.6 Å². The summed E-state index contributed by atoms with van der Waals surface area (Å²) in [6.07, 6.45) is 1.74. The van der Waals surface area contributed by atoms with Gasteiger partial charge >= 0.3 is 0 Å². The van der Waals surface area contributed by atoms with Gasteiger partial charge in [0.1, 0.15) is 5.82 Å². The minimum atomic E-state index is -0.505. The van der Waals surface area contributed by atoms with Crippen LogP contribution in [0.15, 0.2) is 65.6 Å². The number of hydrogen-bond donors (Lipinski definition) is 1. The number of carbonyl (C=O) groups is 1. The molecule has 2 aromatic carbocycles. The number of hydrogen-bond acceptors (Lipinski definition) is 7. The van der Waals surface area contributed by atoms with Crippen LogP contribution >= 0.6 is 0 Å². The van der Waals surface area contributed by atoms with Crippen LogP contribution in [0, 0.1) is 6.92 Å². The molecule has 33 heavy (non-hydrogen) atoms. The number of aromatic hydroxyl groups is 1. The third-order valence-corrected chi connectivity index (χ3v) is 5.69. The predicted molar refractivity (Wildman–Crippen MR) is 124 cm³/mol. The van der Waals surface area contributed by atoms with Crippen molar-refractivity contribution in [3.63, 3.8) is 0 Å². The number of rotatable bonds is 3. The van der Waals surface area contributed by atoms with Crippen LogP contribution in [0.3, 0.4) is 0 Å². The maximum Gasteiger partial charge on any atom is 0.278 e. The van der Waals surface area contributed by atoms with Gasteiger partial charge in [0.05, 0.1) is 22.9 Å². The molecule has 1 aliphatic heterocycles. The summed E-state index contributed by atoms with van der Waals surface area (Å²) in [4.78, 5) is 38.4. The first-order chi connectivity index (χ1) is 16.0. The highest BCUT2D eigenvalue weighted by Gasteiger charge is 2.27. The third kappa shape index (κ3) is 4.00. The smallest absolute Gasteiger partial charge is 0.278 e. The van der Waals surface area contributed by atoms with Crippen LogP contribution in [-0.2, 0) is 0 Å². The zero-order valence-corrected chi connectivity index (χ0v) is 18.0. The number of amides is 1. The Labute approximate surface area is 189 Å². The Morgan fingerprint density at radius 1 is 0.970 bits per heavy atom. The fourth-order valence-electron chi connectivity index (χ4n) is 3.93. The SMILES string of the molecule is Cc1cccc(-n2nc(C(=O)N3CCN(c4cnc5ccccc5n4)CC3)c(O)cc2=O)c1. The van der Waals surface area contributed by atoms with Crippen molar-refractivity contribution < 1.29 is 9.90 Å². The molecule has 0 aliphatic carbocycles. The zero-order chi connectivity index (χ0) is 22.9. The molecule has 1 saturated heterocycles.